The molecule has 2 N–H and O–H groups in total. The number of nitrogens with zero attached hydrogens (tertiary/aromatic N) is 1. The van der Waals surface area contributed by atoms with Gasteiger partial charge in [-0.3, -0.25) is 0 Å². The second-order valence-electron chi connectivity index (χ2n) is 6.05. The third-order valence-electron chi connectivity index (χ3n) is 4.25. The second-order valence-corrected chi connectivity index (χ2v) is 7.08. The van der Waals surface area contributed by atoms with Crippen LogP contribution in [0.25, 0.3) is 21.3 Å². The SMILES string of the molecule is COc1cc(-c2ccc(Nc3nc4ccc(F)cc4s3)cc2)ccc1C(=O)O. The third kappa shape index (κ3) is 3.52. The quantitative estimate of drug-likeness (QED) is 0.464. The van der Waals surface area contributed by atoms with Crippen LogP contribution in [0.3, 0.4) is 0 Å². The van der Waals surface area contributed by atoms with Crippen LogP contribution in [0.1, 0.15) is 10.4 Å². The number of fused-ring (bicyclic) bond motifs is 1. The van der Waals surface area contributed by atoms with Crippen LogP contribution in [0.4, 0.5) is 15.2 Å². The number of methoxy groups -OCH3 is 1. The zero-order valence-electron chi connectivity index (χ0n) is 14.8. The van der Waals surface area contributed by atoms with Crippen molar-refractivity contribution in [2.45, 2.75) is 0 Å². The summed E-state index contributed by atoms with van der Waals surface area (Å²) in [6, 6.07) is 17.1. The Morgan fingerprint density at radius 3 is 2.54 bits per heavy atom. The average Bonchev–Trinajstić information content (AvgIpc) is 3.09. The molecule has 1 heterocycles. The summed E-state index contributed by atoms with van der Waals surface area (Å²) in [7, 11) is 1.45. The fourth-order valence-electron chi connectivity index (χ4n) is 2.87. The molecule has 0 saturated heterocycles. The van der Waals surface area contributed by atoms with Gasteiger partial charge in [-0.05, 0) is 53.6 Å². The van der Waals surface area contributed by atoms with Gasteiger partial charge in [-0.25, -0.2) is 14.2 Å². The predicted molar refractivity (Wildman–Crippen MR) is 108 cm³/mol. The van der Waals surface area contributed by atoms with Crippen LogP contribution in [0.2, 0.25) is 0 Å². The number of nitrogens with one attached hydrogen (secondary N) is 1. The largest absolute Gasteiger partial charge is 0.496 e. The summed E-state index contributed by atoms with van der Waals surface area (Å²) in [5.74, 6) is -0.996. The van der Waals surface area contributed by atoms with Crippen molar-refractivity contribution in [2.75, 3.05) is 12.4 Å². The van der Waals surface area contributed by atoms with E-state index >= 15 is 0 Å². The lowest BCUT2D eigenvalue weighted by Crippen LogP contribution is -2.00. The molecule has 0 aliphatic carbocycles. The van der Waals surface area contributed by atoms with Gasteiger partial charge >= 0.3 is 5.97 Å². The molecule has 0 spiro atoms. The van der Waals surface area contributed by atoms with Gasteiger partial charge in [-0.1, -0.05) is 29.5 Å². The maximum absolute atomic E-state index is 13.3. The minimum atomic E-state index is -1.03. The van der Waals surface area contributed by atoms with Crippen LogP contribution < -0.4 is 10.1 Å². The number of anilines is 2. The summed E-state index contributed by atoms with van der Waals surface area (Å²) >= 11 is 1.38. The van der Waals surface area contributed by atoms with Crippen molar-refractivity contribution in [3.63, 3.8) is 0 Å². The highest BCUT2D eigenvalue weighted by Crippen LogP contribution is 2.31. The number of hydrogen-bond acceptors (Lipinski definition) is 5. The van der Waals surface area contributed by atoms with Crippen molar-refractivity contribution in [3.05, 3.63) is 72.0 Å². The summed E-state index contributed by atoms with van der Waals surface area (Å²) in [6.45, 7) is 0. The zero-order valence-corrected chi connectivity index (χ0v) is 15.6. The van der Waals surface area contributed by atoms with Crippen LogP contribution in [0, 0.1) is 5.82 Å². The molecule has 0 unspecified atom stereocenters. The van der Waals surface area contributed by atoms with E-state index in [1.807, 2.05) is 24.3 Å². The molecular weight excluding hydrogens is 379 g/mol. The minimum Gasteiger partial charge on any atom is -0.496 e. The molecule has 0 radical (unpaired) electrons. The van der Waals surface area contributed by atoms with Gasteiger partial charge in [0.15, 0.2) is 5.13 Å². The van der Waals surface area contributed by atoms with Crippen molar-refractivity contribution in [1.82, 2.24) is 4.98 Å². The third-order valence-corrected chi connectivity index (χ3v) is 5.19. The second kappa shape index (κ2) is 7.28. The van der Waals surface area contributed by atoms with E-state index < -0.39 is 5.97 Å². The Hall–Kier alpha value is -3.45. The number of carboxylic acid groups (broad SMARTS) is 1. The smallest absolute Gasteiger partial charge is 0.339 e. The summed E-state index contributed by atoms with van der Waals surface area (Å²) in [5.41, 5.74) is 3.49. The first-order valence-electron chi connectivity index (χ1n) is 8.38. The van der Waals surface area contributed by atoms with Crippen LogP contribution in [-0.4, -0.2) is 23.2 Å². The molecule has 7 heteroatoms. The summed E-state index contributed by atoms with van der Waals surface area (Å²) < 4.78 is 19.3. The Kier molecular flexibility index (Phi) is 4.67. The number of rotatable bonds is 5. The van der Waals surface area contributed by atoms with Crippen LogP contribution in [0.5, 0.6) is 5.75 Å². The molecule has 0 amide bonds. The fourth-order valence-corrected chi connectivity index (χ4v) is 3.78. The number of ether oxygens (including phenoxy) is 1. The maximum atomic E-state index is 13.3. The summed E-state index contributed by atoms with van der Waals surface area (Å²) in [6.07, 6.45) is 0. The van der Waals surface area contributed by atoms with Gasteiger partial charge in [0, 0.05) is 5.69 Å². The highest BCUT2D eigenvalue weighted by atomic mass is 32.1. The molecule has 0 bridgehead atoms. The van der Waals surface area contributed by atoms with E-state index in [1.54, 1.807) is 18.2 Å². The maximum Gasteiger partial charge on any atom is 0.339 e. The zero-order chi connectivity index (χ0) is 19.7. The molecule has 1 aromatic heterocycles. The summed E-state index contributed by atoms with van der Waals surface area (Å²) in [4.78, 5) is 15.7. The Balaban J connectivity index is 1.57. The molecule has 0 atom stereocenters. The normalized spacial score (nSPS) is 10.8. The highest BCUT2D eigenvalue weighted by molar-refractivity contribution is 7.22. The van der Waals surface area contributed by atoms with E-state index in [-0.39, 0.29) is 11.4 Å². The fraction of sp³-hybridized carbons (Fsp3) is 0.0476. The summed E-state index contributed by atoms with van der Waals surface area (Å²) in [5, 5.41) is 13.1. The van der Waals surface area contributed by atoms with Gasteiger partial charge in [-0.2, -0.15) is 0 Å². The highest BCUT2D eigenvalue weighted by Gasteiger charge is 2.12. The van der Waals surface area contributed by atoms with Crippen molar-refractivity contribution in [1.29, 1.82) is 0 Å². The van der Waals surface area contributed by atoms with E-state index in [0.29, 0.717) is 10.9 Å². The van der Waals surface area contributed by atoms with Crippen molar-refractivity contribution in [3.8, 4) is 16.9 Å². The Morgan fingerprint density at radius 1 is 1.07 bits per heavy atom. The molecule has 4 rings (SSSR count). The van der Waals surface area contributed by atoms with E-state index in [2.05, 4.69) is 10.3 Å². The van der Waals surface area contributed by atoms with Crippen LogP contribution >= 0.6 is 11.3 Å². The molecular formula is C21H15FN2O3S. The molecule has 3 aromatic carbocycles. The number of carboxylic acids is 1. The molecule has 0 fully saturated rings. The Morgan fingerprint density at radius 2 is 1.82 bits per heavy atom. The number of aromatic nitrogens is 1. The Labute approximate surface area is 164 Å². The van der Waals surface area contributed by atoms with Gasteiger partial charge in [-0.15, -0.1) is 0 Å². The first-order valence-corrected chi connectivity index (χ1v) is 9.20. The molecule has 5 nitrogen and oxygen atoms in total. The number of hydrogen-bond donors (Lipinski definition) is 2. The predicted octanol–water partition coefficient (Wildman–Crippen LogP) is 5.55. The van der Waals surface area contributed by atoms with E-state index in [0.717, 1.165) is 27.0 Å². The van der Waals surface area contributed by atoms with Crippen molar-refractivity contribution in [2.24, 2.45) is 0 Å². The van der Waals surface area contributed by atoms with E-state index in [4.69, 9.17) is 4.74 Å². The number of benzene rings is 3. The van der Waals surface area contributed by atoms with E-state index in [9.17, 15) is 14.3 Å². The monoisotopic (exact) mass is 394 g/mol. The van der Waals surface area contributed by atoms with Crippen molar-refractivity contribution >= 4 is 38.3 Å². The van der Waals surface area contributed by atoms with Gasteiger partial charge < -0.3 is 15.2 Å². The average molecular weight is 394 g/mol. The lowest BCUT2D eigenvalue weighted by molar-refractivity contribution is 0.0693. The molecule has 0 aliphatic heterocycles. The lowest BCUT2D eigenvalue weighted by atomic mass is 10.0. The molecule has 28 heavy (non-hydrogen) atoms. The molecule has 0 aliphatic rings. The standard InChI is InChI=1S/C21H15FN2O3S/c1-27-18-10-13(4-8-16(18)20(25)26)12-2-6-15(7-3-12)23-21-24-17-9-5-14(22)11-19(17)28-21/h2-11H,1H3,(H,23,24)(H,25,26). The first kappa shape index (κ1) is 17.9. The topological polar surface area (TPSA) is 71.5 Å². The van der Waals surface area contributed by atoms with E-state index in [1.165, 1.54) is 36.6 Å². The van der Waals surface area contributed by atoms with Crippen molar-refractivity contribution < 1.29 is 19.0 Å². The molecule has 140 valence electrons. The van der Waals surface area contributed by atoms with Crippen LogP contribution in [-0.2, 0) is 0 Å². The first-order chi connectivity index (χ1) is 13.5. The lowest BCUT2D eigenvalue weighted by Gasteiger charge is -2.09. The number of carbonyl (C=O) groups is 1. The minimum absolute atomic E-state index is 0.122. The van der Waals surface area contributed by atoms with Gasteiger partial charge in [0.1, 0.15) is 17.1 Å². The molecule has 4 aromatic rings. The van der Waals surface area contributed by atoms with Gasteiger partial charge in [0.05, 0.1) is 17.3 Å². The number of aromatic carboxylic acids is 1. The van der Waals surface area contributed by atoms with Crippen LogP contribution in [0.15, 0.2) is 60.7 Å². The number of halogens is 1. The number of thiazole rings is 1. The van der Waals surface area contributed by atoms with Gasteiger partial charge in [0.2, 0.25) is 0 Å². The Bertz CT molecular complexity index is 1170. The van der Waals surface area contributed by atoms with Gasteiger partial charge in [0.25, 0.3) is 0 Å². The molecule has 0 saturated carbocycles.